The molecule has 0 bridgehead atoms. The first-order chi connectivity index (χ1) is 8.38. The number of carbonyl (C=O) groups is 1. The van der Waals surface area contributed by atoms with Crippen molar-refractivity contribution in [1.29, 1.82) is 0 Å². The molecular weight excluding hydrogens is 249 g/mol. The van der Waals surface area contributed by atoms with E-state index in [4.69, 9.17) is 4.74 Å². The Morgan fingerprint density at radius 1 is 1.11 bits per heavy atom. The largest absolute Gasteiger partial charge is 0.389 e. The van der Waals surface area contributed by atoms with Gasteiger partial charge in [0.25, 0.3) is 0 Å². The van der Waals surface area contributed by atoms with E-state index in [9.17, 15) is 23.1 Å². The number of unbranched alkanes of at least 4 members (excludes halogenated alkanes) is 1. The van der Waals surface area contributed by atoms with E-state index in [1.807, 2.05) is 0 Å². The first-order valence-electron chi connectivity index (χ1n) is 6.27. The van der Waals surface area contributed by atoms with Gasteiger partial charge in [0.15, 0.2) is 0 Å². The van der Waals surface area contributed by atoms with Crippen molar-refractivity contribution in [3.05, 3.63) is 0 Å². The molecule has 105 valence electrons. The Balaban J connectivity index is 2.03. The molecule has 18 heavy (non-hydrogen) atoms. The summed E-state index contributed by atoms with van der Waals surface area (Å²) in [5.41, 5.74) is 0. The van der Waals surface area contributed by atoms with Crippen molar-refractivity contribution in [2.24, 2.45) is 5.92 Å². The second kappa shape index (κ2) is 6.97. The highest BCUT2D eigenvalue weighted by Crippen LogP contribution is 2.27. The van der Waals surface area contributed by atoms with Crippen LogP contribution in [-0.4, -0.2) is 24.9 Å². The van der Waals surface area contributed by atoms with E-state index in [0.717, 1.165) is 0 Å². The van der Waals surface area contributed by atoms with Crippen molar-refractivity contribution in [3.63, 3.8) is 0 Å². The van der Waals surface area contributed by atoms with Crippen molar-refractivity contribution in [2.75, 3.05) is 6.61 Å². The standard InChI is InChI=1S/C12H18F3O3/c13-12(14,15)7-1-2-8-18-10-5-3-9(4-6-10)11(16)17/h9-10H,1-8H2. The average molecular weight is 267 g/mol. The van der Waals surface area contributed by atoms with Crippen LogP contribution < -0.4 is 0 Å². The molecule has 0 spiro atoms. The Morgan fingerprint density at radius 2 is 1.72 bits per heavy atom. The molecule has 1 fully saturated rings. The first kappa shape index (κ1) is 15.3. The lowest BCUT2D eigenvalue weighted by Gasteiger charge is -2.25. The maximum Gasteiger partial charge on any atom is 0.389 e. The SMILES string of the molecule is [O]C(=O)C1CCC(OCCCCC(F)(F)F)CC1. The van der Waals surface area contributed by atoms with Gasteiger partial charge in [-0.25, -0.2) is 9.90 Å². The molecule has 0 amide bonds. The molecule has 1 rings (SSSR count). The Bertz CT molecular complexity index is 258. The Kier molecular flexibility index (Phi) is 5.91. The van der Waals surface area contributed by atoms with Gasteiger partial charge in [-0.05, 0) is 38.5 Å². The van der Waals surface area contributed by atoms with Gasteiger partial charge in [0, 0.05) is 13.0 Å². The molecule has 6 heteroatoms. The summed E-state index contributed by atoms with van der Waals surface area (Å²) in [7, 11) is 0. The normalized spacial score (nSPS) is 25.1. The van der Waals surface area contributed by atoms with Gasteiger partial charge in [0.2, 0.25) is 0 Å². The van der Waals surface area contributed by atoms with Gasteiger partial charge in [0.05, 0.1) is 12.0 Å². The van der Waals surface area contributed by atoms with E-state index in [1.165, 1.54) is 0 Å². The number of carbonyl (C=O) groups excluding carboxylic acids is 1. The minimum atomic E-state index is -4.09. The lowest BCUT2D eigenvalue weighted by Crippen LogP contribution is -2.25. The van der Waals surface area contributed by atoms with Crippen LogP contribution in [0, 0.1) is 5.92 Å². The molecule has 0 aromatic rings. The smallest absolute Gasteiger partial charge is 0.378 e. The van der Waals surface area contributed by atoms with Crippen LogP contribution in [0.4, 0.5) is 13.2 Å². The van der Waals surface area contributed by atoms with Gasteiger partial charge >= 0.3 is 12.1 Å². The third-order valence-corrected chi connectivity index (χ3v) is 3.22. The van der Waals surface area contributed by atoms with Crippen molar-refractivity contribution in [1.82, 2.24) is 0 Å². The molecule has 1 aliphatic carbocycles. The predicted octanol–water partition coefficient (Wildman–Crippen LogP) is 3.25. The van der Waals surface area contributed by atoms with Crippen LogP contribution in [0.3, 0.4) is 0 Å². The minimum absolute atomic E-state index is 0.00788. The maximum atomic E-state index is 11.9. The van der Waals surface area contributed by atoms with Crippen LogP contribution in [0.25, 0.3) is 0 Å². The summed E-state index contributed by atoms with van der Waals surface area (Å²) >= 11 is 0. The molecule has 0 N–H and O–H groups in total. The lowest BCUT2D eigenvalue weighted by molar-refractivity contribution is -0.150. The Hall–Kier alpha value is -0.780. The fourth-order valence-electron chi connectivity index (χ4n) is 2.14. The van der Waals surface area contributed by atoms with Crippen LogP contribution in [0.15, 0.2) is 0 Å². The maximum absolute atomic E-state index is 11.9. The number of alkyl halides is 3. The third-order valence-electron chi connectivity index (χ3n) is 3.22. The van der Waals surface area contributed by atoms with Gasteiger partial charge in [0.1, 0.15) is 0 Å². The molecule has 1 radical (unpaired) electrons. The Morgan fingerprint density at radius 3 is 2.22 bits per heavy atom. The first-order valence-corrected chi connectivity index (χ1v) is 6.27. The second-order valence-electron chi connectivity index (χ2n) is 4.74. The van der Waals surface area contributed by atoms with Crippen LogP contribution in [-0.2, 0) is 14.6 Å². The fraction of sp³-hybridized carbons (Fsp3) is 0.917. The predicted molar refractivity (Wildman–Crippen MR) is 57.3 cm³/mol. The van der Waals surface area contributed by atoms with Crippen molar-refractivity contribution in [3.8, 4) is 0 Å². The van der Waals surface area contributed by atoms with Crippen LogP contribution in [0.1, 0.15) is 44.9 Å². The molecule has 1 saturated carbocycles. The molecule has 0 atom stereocenters. The number of hydrogen-bond donors (Lipinski definition) is 0. The lowest BCUT2D eigenvalue weighted by atomic mass is 9.87. The summed E-state index contributed by atoms with van der Waals surface area (Å²) in [6.07, 6.45) is -2.02. The van der Waals surface area contributed by atoms with Gasteiger partial charge in [-0.3, -0.25) is 0 Å². The van der Waals surface area contributed by atoms with Crippen molar-refractivity contribution >= 4 is 5.97 Å². The van der Waals surface area contributed by atoms with E-state index in [0.29, 0.717) is 38.7 Å². The molecule has 3 nitrogen and oxygen atoms in total. The van der Waals surface area contributed by atoms with E-state index in [2.05, 4.69) is 0 Å². The van der Waals surface area contributed by atoms with Crippen LogP contribution in [0.2, 0.25) is 0 Å². The molecule has 0 heterocycles. The summed E-state index contributed by atoms with van der Waals surface area (Å²) < 4.78 is 41.0. The molecule has 0 aromatic heterocycles. The minimum Gasteiger partial charge on any atom is -0.378 e. The van der Waals surface area contributed by atoms with Gasteiger partial charge < -0.3 is 4.74 Å². The topological polar surface area (TPSA) is 46.2 Å². The zero-order valence-corrected chi connectivity index (χ0v) is 10.2. The van der Waals surface area contributed by atoms with Gasteiger partial charge in [-0.15, -0.1) is 0 Å². The second-order valence-corrected chi connectivity index (χ2v) is 4.74. The van der Waals surface area contributed by atoms with Crippen molar-refractivity contribution < 1.29 is 27.8 Å². The van der Waals surface area contributed by atoms with Gasteiger partial charge in [-0.2, -0.15) is 13.2 Å². The van der Waals surface area contributed by atoms with E-state index in [-0.39, 0.29) is 12.5 Å². The highest BCUT2D eigenvalue weighted by molar-refractivity contribution is 5.69. The van der Waals surface area contributed by atoms with Crippen LogP contribution >= 0.6 is 0 Å². The summed E-state index contributed by atoms with van der Waals surface area (Å²) in [6, 6.07) is 0. The molecule has 0 unspecified atom stereocenters. The summed E-state index contributed by atoms with van der Waals surface area (Å²) in [5, 5.41) is 10.6. The molecule has 1 aliphatic rings. The summed E-state index contributed by atoms with van der Waals surface area (Å²) in [4.78, 5) is 10.6. The Labute approximate surface area is 104 Å². The molecular formula is C12H18F3O3. The fourth-order valence-corrected chi connectivity index (χ4v) is 2.14. The quantitative estimate of drug-likeness (QED) is 0.693. The van der Waals surface area contributed by atoms with Crippen molar-refractivity contribution in [2.45, 2.75) is 57.2 Å². The van der Waals surface area contributed by atoms with Crippen LogP contribution in [0.5, 0.6) is 0 Å². The summed E-state index contributed by atoms with van der Waals surface area (Å²) in [6.45, 7) is 0.316. The monoisotopic (exact) mass is 267 g/mol. The number of hydrogen-bond acceptors (Lipinski definition) is 2. The summed E-state index contributed by atoms with van der Waals surface area (Å²) in [5.74, 6) is -1.41. The van der Waals surface area contributed by atoms with E-state index < -0.39 is 24.5 Å². The highest BCUT2D eigenvalue weighted by atomic mass is 19.4. The molecule has 0 aliphatic heterocycles. The zero-order chi connectivity index (χ0) is 13.6. The van der Waals surface area contributed by atoms with Gasteiger partial charge in [-0.1, -0.05) is 0 Å². The number of halogens is 3. The molecule has 0 aromatic carbocycles. The number of ether oxygens (including phenoxy) is 1. The van der Waals surface area contributed by atoms with E-state index >= 15 is 0 Å². The third kappa shape index (κ3) is 6.23. The average Bonchev–Trinajstić information content (AvgIpc) is 2.27. The zero-order valence-electron chi connectivity index (χ0n) is 10.2. The van der Waals surface area contributed by atoms with E-state index in [1.54, 1.807) is 0 Å². The highest BCUT2D eigenvalue weighted by Gasteiger charge is 2.28. The number of rotatable bonds is 6. The molecule has 0 saturated heterocycles.